The lowest BCUT2D eigenvalue weighted by Crippen LogP contribution is -2.44. The highest BCUT2D eigenvalue weighted by Gasteiger charge is 2.22. The molecule has 0 spiro atoms. The molecule has 1 fully saturated rings. The third-order valence-electron chi connectivity index (χ3n) is 3.99. The smallest absolute Gasteiger partial charge is 0.270 e. The maximum atomic E-state index is 12.9. The fourth-order valence-electron chi connectivity index (χ4n) is 2.60. The van der Waals surface area contributed by atoms with Crippen molar-refractivity contribution in [2.75, 3.05) is 26.3 Å². The second kappa shape index (κ2) is 8.78. The van der Waals surface area contributed by atoms with Gasteiger partial charge in [-0.1, -0.05) is 46.3 Å². The first kappa shape index (κ1) is 18.4. The van der Waals surface area contributed by atoms with E-state index >= 15 is 0 Å². The summed E-state index contributed by atoms with van der Waals surface area (Å²) in [6.07, 6.45) is 1.70. The van der Waals surface area contributed by atoms with Crippen LogP contribution in [0.4, 0.5) is 0 Å². The van der Waals surface area contributed by atoms with Gasteiger partial charge in [0.2, 0.25) is 0 Å². The number of halogens is 1. The molecule has 2 aromatic rings. The van der Waals surface area contributed by atoms with E-state index in [1.165, 1.54) is 0 Å². The standard InChI is InChI=1S/C20H19BrN2O3/c21-17-8-6-16(7-9-17)19(24)22-18(14-15-4-2-1-3-5-15)20(25)23-10-12-26-13-11-23/h1-9,14H,10-13H2,(H,22,24)/b18-14+. The number of rotatable bonds is 4. The molecule has 26 heavy (non-hydrogen) atoms. The van der Waals surface area contributed by atoms with Gasteiger partial charge in [-0.25, -0.2) is 0 Å². The topological polar surface area (TPSA) is 58.6 Å². The van der Waals surface area contributed by atoms with Gasteiger partial charge in [-0.05, 0) is 35.9 Å². The number of carbonyl (C=O) groups is 2. The minimum absolute atomic E-state index is 0.206. The van der Waals surface area contributed by atoms with Crippen LogP contribution in [-0.2, 0) is 9.53 Å². The number of morpholine rings is 1. The molecule has 0 aliphatic carbocycles. The molecular weight excluding hydrogens is 396 g/mol. The summed E-state index contributed by atoms with van der Waals surface area (Å²) >= 11 is 3.35. The Kier molecular flexibility index (Phi) is 6.20. The van der Waals surface area contributed by atoms with Crippen molar-refractivity contribution >= 4 is 33.8 Å². The lowest BCUT2D eigenvalue weighted by atomic mass is 10.1. The molecule has 6 heteroatoms. The molecule has 1 aliphatic heterocycles. The van der Waals surface area contributed by atoms with Gasteiger partial charge in [0.15, 0.2) is 0 Å². The quantitative estimate of drug-likeness (QED) is 0.781. The Hall–Kier alpha value is -2.44. The molecular formula is C20H19BrN2O3. The van der Waals surface area contributed by atoms with Crippen LogP contribution in [0, 0.1) is 0 Å². The highest BCUT2D eigenvalue weighted by molar-refractivity contribution is 9.10. The van der Waals surface area contributed by atoms with Gasteiger partial charge in [0.05, 0.1) is 13.2 Å². The molecule has 0 radical (unpaired) electrons. The van der Waals surface area contributed by atoms with Crippen LogP contribution in [0.3, 0.4) is 0 Å². The van der Waals surface area contributed by atoms with E-state index in [0.29, 0.717) is 31.9 Å². The van der Waals surface area contributed by atoms with Crippen LogP contribution < -0.4 is 5.32 Å². The van der Waals surface area contributed by atoms with Crippen molar-refractivity contribution in [1.82, 2.24) is 10.2 Å². The molecule has 0 unspecified atom stereocenters. The molecule has 0 aromatic heterocycles. The summed E-state index contributed by atoms with van der Waals surface area (Å²) in [7, 11) is 0. The van der Waals surface area contributed by atoms with E-state index in [1.54, 1.807) is 35.2 Å². The largest absolute Gasteiger partial charge is 0.378 e. The summed E-state index contributed by atoms with van der Waals surface area (Å²) in [5.74, 6) is -0.524. The second-order valence-corrected chi connectivity index (χ2v) is 6.75. The number of nitrogens with zero attached hydrogens (tertiary/aromatic N) is 1. The summed E-state index contributed by atoms with van der Waals surface area (Å²) in [4.78, 5) is 27.2. The predicted molar refractivity (Wildman–Crippen MR) is 103 cm³/mol. The van der Waals surface area contributed by atoms with Crippen LogP contribution >= 0.6 is 15.9 Å². The van der Waals surface area contributed by atoms with Gasteiger partial charge < -0.3 is 15.0 Å². The molecule has 0 atom stereocenters. The SMILES string of the molecule is O=C(N/C(=C/c1ccccc1)C(=O)N1CCOCC1)c1ccc(Br)cc1. The van der Waals surface area contributed by atoms with Crippen LogP contribution in [-0.4, -0.2) is 43.0 Å². The van der Waals surface area contributed by atoms with Crippen molar-refractivity contribution in [3.63, 3.8) is 0 Å². The Morgan fingerprint density at radius 2 is 1.65 bits per heavy atom. The van der Waals surface area contributed by atoms with Gasteiger partial charge in [0.25, 0.3) is 11.8 Å². The van der Waals surface area contributed by atoms with Crippen molar-refractivity contribution in [1.29, 1.82) is 0 Å². The molecule has 1 heterocycles. The van der Waals surface area contributed by atoms with E-state index in [9.17, 15) is 9.59 Å². The highest BCUT2D eigenvalue weighted by atomic mass is 79.9. The zero-order valence-corrected chi connectivity index (χ0v) is 15.7. The first-order valence-corrected chi connectivity index (χ1v) is 9.13. The van der Waals surface area contributed by atoms with Gasteiger partial charge >= 0.3 is 0 Å². The zero-order chi connectivity index (χ0) is 18.4. The summed E-state index contributed by atoms with van der Waals surface area (Å²) in [6.45, 7) is 2.04. The van der Waals surface area contributed by atoms with Crippen molar-refractivity contribution < 1.29 is 14.3 Å². The van der Waals surface area contributed by atoms with E-state index in [4.69, 9.17) is 4.74 Å². The minimum atomic E-state index is -0.318. The van der Waals surface area contributed by atoms with Gasteiger partial charge in [0.1, 0.15) is 5.70 Å². The van der Waals surface area contributed by atoms with Crippen molar-refractivity contribution in [3.05, 3.63) is 75.9 Å². The Morgan fingerprint density at radius 3 is 2.31 bits per heavy atom. The van der Waals surface area contributed by atoms with E-state index in [2.05, 4.69) is 21.2 Å². The molecule has 5 nitrogen and oxygen atoms in total. The molecule has 0 saturated carbocycles. The van der Waals surface area contributed by atoms with E-state index in [-0.39, 0.29) is 17.5 Å². The maximum Gasteiger partial charge on any atom is 0.270 e. The first-order chi connectivity index (χ1) is 12.6. The van der Waals surface area contributed by atoms with E-state index in [1.807, 2.05) is 30.3 Å². The highest BCUT2D eigenvalue weighted by Crippen LogP contribution is 2.13. The van der Waals surface area contributed by atoms with E-state index in [0.717, 1.165) is 10.0 Å². The van der Waals surface area contributed by atoms with Gasteiger partial charge in [-0.15, -0.1) is 0 Å². The summed E-state index contributed by atoms with van der Waals surface area (Å²) < 4.78 is 6.19. The van der Waals surface area contributed by atoms with Crippen LogP contribution in [0.15, 0.2) is 64.8 Å². The molecule has 1 aliphatic rings. The Bertz CT molecular complexity index is 798. The molecule has 1 N–H and O–H groups in total. The van der Waals surface area contributed by atoms with Gasteiger partial charge in [-0.3, -0.25) is 9.59 Å². The fourth-order valence-corrected chi connectivity index (χ4v) is 2.86. The van der Waals surface area contributed by atoms with Crippen molar-refractivity contribution in [3.8, 4) is 0 Å². The molecule has 134 valence electrons. The Balaban J connectivity index is 1.84. The second-order valence-electron chi connectivity index (χ2n) is 5.83. The van der Waals surface area contributed by atoms with Gasteiger partial charge in [-0.2, -0.15) is 0 Å². The van der Waals surface area contributed by atoms with Gasteiger partial charge in [0, 0.05) is 23.1 Å². The van der Waals surface area contributed by atoms with Crippen LogP contribution in [0.5, 0.6) is 0 Å². The number of hydrogen-bond donors (Lipinski definition) is 1. The van der Waals surface area contributed by atoms with Crippen LogP contribution in [0.1, 0.15) is 15.9 Å². The van der Waals surface area contributed by atoms with Crippen LogP contribution in [0.25, 0.3) is 6.08 Å². The fraction of sp³-hybridized carbons (Fsp3) is 0.200. The molecule has 3 rings (SSSR count). The number of nitrogens with one attached hydrogen (secondary N) is 1. The van der Waals surface area contributed by atoms with Crippen LogP contribution in [0.2, 0.25) is 0 Å². The third-order valence-corrected chi connectivity index (χ3v) is 4.52. The third kappa shape index (κ3) is 4.80. The average Bonchev–Trinajstić information content (AvgIpc) is 2.69. The molecule has 2 amide bonds. The lowest BCUT2D eigenvalue weighted by Gasteiger charge is -2.27. The summed E-state index contributed by atoms with van der Waals surface area (Å²) in [5.41, 5.74) is 1.59. The number of hydrogen-bond acceptors (Lipinski definition) is 3. The zero-order valence-electron chi connectivity index (χ0n) is 14.2. The predicted octanol–water partition coefficient (Wildman–Crippen LogP) is 3.08. The minimum Gasteiger partial charge on any atom is -0.378 e. The first-order valence-electron chi connectivity index (χ1n) is 8.34. The Morgan fingerprint density at radius 1 is 1.00 bits per heavy atom. The number of ether oxygens (including phenoxy) is 1. The van der Waals surface area contributed by atoms with E-state index < -0.39 is 0 Å². The summed E-state index contributed by atoms with van der Waals surface area (Å²) in [5, 5.41) is 2.77. The van der Waals surface area contributed by atoms with Crippen molar-refractivity contribution in [2.45, 2.75) is 0 Å². The Labute approximate surface area is 160 Å². The number of amides is 2. The number of benzene rings is 2. The maximum absolute atomic E-state index is 12.9. The number of carbonyl (C=O) groups excluding carboxylic acids is 2. The monoisotopic (exact) mass is 414 g/mol. The van der Waals surface area contributed by atoms with Crippen molar-refractivity contribution in [2.24, 2.45) is 0 Å². The molecule has 2 aromatic carbocycles. The summed E-state index contributed by atoms with van der Waals surface area (Å²) in [6, 6.07) is 16.5. The average molecular weight is 415 g/mol. The molecule has 0 bridgehead atoms. The molecule has 1 saturated heterocycles. The normalized spacial score (nSPS) is 14.8. The lowest BCUT2D eigenvalue weighted by molar-refractivity contribution is -0.131.